The van der Waals surface area contributed by atoms with E-state index in [1.807, 2.05) is 21.8 Å². The van der Waals surface area contributed by atoms with Gasteiger partial charge in [0.1, 0.15) is 17.6 Å². The van der Waals surface area contributed by atoms with E-state index < -0.39 is 51.0 Å². The lowest BCUT2D eigenvalue weighted by Gasteiger charge is -2.47. The molecule has 3 atom stereocenters. The summed E-state index contributed by atoms with van der Waals surface area (Å²) in [6, 6.07) is 12.0. The second-order valence-corrected chi connectivity index (χ2v) is 16.4. The fourth-order valence-electron chi connectivity index (χ4n) is 8.23. The minimum absolute atomic E-state index is 0.00830. The first-order valence-electron chi connectivity index (χ1n) is 18.2. The van der Waals surface area contributed by atoms with Gasteiger partial charge in [0.15, 0.2) is 5.82 Å². The molecule has 0 unspecified atom stereocenters. The van der Waals surface area contributed by atoms with E-state index in [4.69, 9.17) is 5.11 Å². The van der Waals surface area contributed by atoms with Crippen molar-refractivity contribution in [3.05, 3.63) is 77.6 Å². The number of likely N-dealkylation sites (tertiary alicyclic amines) is 1. The number of carboxylic acid groups (broad SMARTS) is 1. The number of halogens is 3. The Hall–Kier alpha value is -4.51. The van der Waals surface area contributed by atoms with Crippen LogP contribution in [0.25, 0.3) is 22.2 Å². The van der Waals surface area contributed by atoms with Crippen molar-refractivity contribution < 1.29 is 36.3 Å². The summed E-state index contributed by atoms with van der Waals surface area (Å²) in [6.45, 7) is 8.55. The molecular weight excluding hydrogens is 724 g/mol. The van der Waals surface area contributed by atoms with Crippen molar-refractivity contribution >= 4 is 44.4 Å². The molecule has 0 aliphatic carbocycles. The van der Waals surface area contributed by atoms with Gasteiger partial charge in [0, 0.05) is 79.4 Å². The number of ketones is 1. The molecule has 3 saturated heterocycles. The molecule has 288 valence electrons. The Labute approximate surface area is 312 Å². The maximum absolute atomic E-state index is 15.7. The van der Waals surface area contributed by atoms with Gasteiger partial charge in [0.25, 0.3) is 0 Å². The summed E-state index contributed by atoms with van der Waals surface area (Å²) in [5.74, 6) is -3.76. The van der Waals surface area contributed by atoms with Gasteiger partial charge in [0.05, 0.1) is 17.8 Å². The quantitative estimate of drug-likeness (QED) is 0.177. The van der Waals surface area contributed by atoms with Gasteiger partial charge in [-0.15, -0.1) is 0 Å². The number of hydrogen-bond acceptors (Lipinski definition) is 8. The normalized spacial score (nSPS) is 22.2. The molecule has 0 amide bonds. The average molecular weight is 768 g/mol. The first kappa shape index (κ1) is 37.8. The number of carboxylic acids is 1. The van der Waals surface area contributed by atoms with Crippen LogP contribution in [0.2, 0.25) is 0 Å². The lowest BCUT2D eigenvalue weighted by molar-refractivity contribution is -0.138. The number of nitrogens with zero attached hydrogens (tertiary/aromatic N) is 5. The number of rotatable bonds is 11. The summed E-state index contributed by atoms with van der Waals surface area (Å²) in [6.07, 6.45) is 3.64. The Bertz CT molecular complexity index is 2130. The predicted molar refractivity (Wildman–Crippen MR) is 200 cm³/mol. The van der Waals surface area contributed by atoms with Gasteiger partial charge in [-0.1, -0.05) is 12.1 Å². The summed E-state index contributed by atoms with van der Waals surface area (Å²) in [7, 11) is -4.34. The number of aromatic amines is 1. The highest BCUT2D eigenvalue weighted by Crippen LogP contribution is 2.33. The fourth-order valence-corrected chi connectivity index (χ4v) is 9.50. The van der Waals surface area contributed by atoms with E-state index in [9.17, 15) is 22.4 Å². The summed E-state index contributed by atoms with van der Waals surface area (Å²) >= 11 is 0. The molecule has 0 saturated carbocycles. The molecule has 54 heavy (non-hydrogen) atoms. The van der Waals surface area contributed by atoms with Gasteiger partial charge < -0.3 is 15.0 Å². The maximum Gasteiger partial charge on any atom is 0.317 e. The molecule has 0 radical (unpaired) electrons. The third-order valence-corrected chi connectivity index (χ3v) is 12.3. The standard InChI is InChI=1S/C38H44F3N7O5S/c1-23-18-46(20-25-9-12-45(13-10-25)22-34(49)50)19-24(2)48(23)29-5-3-26(4-6-29)27-15-30-31(17-43-38(30)42-16-27)37(51)35-32(40)7-8-33(36(35)41)44-54(52,53)47-14-11-28(39)21-47/h3-8,15-17,23-25,28,44H,9-14,18-22H2,1-2H3,(H,42,43)(H,49,50)/t23-,24+,28-/m1/s1. The fraction of sp³-hybridized carbons (Fsp3) is 0.447. The molecule has 0 spiro atoms. The van der Waals surface area contributed by atoms with Crippen molar-refractivity contribution in [1.82, 2.24) is 24.1 Å². The van der Waals surface area contributed by atoms with Crippen LogP contribution >= 0.6 is 0 Å². The largest absolute Gasteiger partial charge is 0.480 e. The number of carbonyl (C=O) groups excluding carboxylic acids is 1. The van der Waals surface area contributed by atoms with Crippen LogP contribution in [-0.4, -0.2) is 120 Å². The smallest absolute Gasteiger partial charge is 0.317 e. The van der Waals surface area contributed by atoms with Crippen LogP contribution in [0.15, 0.2) is 54.9 Å². The van der Waals surface area contributed by atoms with Crippen molar-refractivity contribution in [1.29, 1.82) is 0 Å². The van der Waals surface area contributed by atoms with Gasteiger partial charge in [-0.3, -0.25) is 24.1 Å². The number of piperidine rings is 1. The molecule has 4 aromatic rings. The van der Waals surface area contributed by atoms with Gasteiger partial charge in [-0.25, -0.2) is 18.2 Å². The van der Waals surface area contributed by atoms with Gasteiger partial charge in [-0.05, 0) is 88.0 Å². The maximum atomic E-state index is 15.7. The lowest BCUT2D eigenvalue weighted by Crippen LogP contribution is -2.58. The van der Waals surface area contributed by atoms with Crippen LogP contribution < -0.4 is 9.62 Å². The highest BCUT2D eigenvalue weighted by Gasteiger charge is 2.34. The second-order valence-electron chi connectivity index (χ2n) is 14.8. The minimum Gasteiger partial charge on any atom is -0.480 e. The van der Waals surface area contributed by atoms with E-state index in [-0.39, 0.29) is 43.7 Å². The van der Waals surface area contributed by atoms with E-state index in [2.05, 4.69) is 45.7 Å². The number of fused-ring (bicyclic) bond motifs is 1. The summed E-state index contributed by atoms with van der Waals surface area (Å²) < 4.78 is 72.9. The molecule has 3 aliphatic heterocycles. The molecule has 3 fully saturated rings. The zero-order valence-corrected chi connectivity index (χ0v) is 31.0. The summed E-state index contributed by atoms with van der Waals surface area (Å²) in [4.78, 5) is 39.1. The van der Waals surface area contributed by atoms with Crippen molar-refractivity contribution in [3.8, 4) is 11.1 Å². The van der Waals surface area contributed by atoms with Crippen LogP contribution in [0.5, 0.6) is 0 Å². The van der Waals surface area contributed by atoms with Crippen LogP contribution in [0, 0.1) is 17.6 Å². The molecule has 5 heterocycles. The number of pyridine rings is 1. The Balaban J connectivity index is 1.04. The average Bonchev–Trinajstić information content (AvgIpc) is 3.77. The van der Waals surface area contributed by atoms with Crippen molar-refractivity contribution in [2.45, 2.75) is 51.4 Å². The molecule has 2 aromatic carbocycles. The monoisotopic (exact) mass is 767 g/mol. The highest BCUT2D eigenvalue weighted by atomic mass is 32.2. The molecule has 2 aromatic heterocycles. The number of alkyl halides is 1. The molecule has 7 rings (SSSR count). The summed E-state index contributed by atoms with van der Waals surface area (Å²) in [5.41, 5.74) is 1.32. The van der Waals surface area contributed by atoms with Crippen LogP contribution in [0.1, 0.15) is 49.0 Å². The number of carbonyl (C=O) groups is 2. The molecule has 16 heteroatoms. The summed E-state index contributed by atoms with van der Waals surface area (Å²) in [5, 5.41) is 9.43. The first-order valence-corrected chi connectivity index (χ1v) is 19.7. The zero-order valence-electron chi connectivity index (χ0n) is 30.1. The third kappa shape index (κ3) is 7.83. The zero-order chi connectivity index (χ0) is 38.3. The van der Waals surface area contributed by atoms with Gasteiger partial charge >= 0.3 is 16.2 Å². The molecule has 3 aliphatic rings. The number of aromatic nitrogens is 2. The van der Waals surface area contributed by atoms with Gasteiger partial charge in [0.2, 0.25) is 5.78 Å². The van der Waals surface area contributed by atoms with Crippen LogP contribution in [-0.2, 0) is 15.0 Å². The number of aliphatic carboxylic acids is 1. The SMILES string of the molecule is C[C@@H]1CN(CC2CCN(CC(=O)O)CC2)C[C@H](C)N1c1ccc(-c2cnc3[nH]cc(C(=O)c4c(F)ccc(NS(=O)(=O)N5CC[C@@H](F)C5)c4F)c3c2)cc1. The van der Waals surface area contributed by atoms with E-state index >= 15 is 8.78 Å². The number of nitrogens with one attached hydrogen (secondary N) is 2. The highest BCUT2D eigenvalue weighted by molar-refractivity contribution is 7.90. The number of H-pyrrole nitrogens is 1. The lowest BCUT2D eigenvalue weighted by atomic mass is 9.95. The van der Waals surface area contributed by atoms with Crippen molar-refractivity contribution in [3.63, 3.8) is 0 Å². The van der Waals surface area contributed by atoms with E-state index in [0.29, 0.717) is 22.5 Å². The molecule has 12 nitrogen and oxygen atoms in total. The Kier molecular flexibility index (Phi) is 10.7. The van der Waals surface area contributed by atoms with E-state index in [1.54, 1.807) is 12.3 Å². The third-order valence-electron chi connectivity index (χ3n) is 10.8. The van der Waals surface area contributed by atoms with E-state index in [0.717, 1.165) is 73.3 Å². The topological polar surface area (TPSA) is 142 Å². The number of anilines is 2. The Morgan fingerprint density at radius 3 is 2.30 bits per heavy atom. The van der Waals surface area contributed by atoms with Crippen molar-refractivity contribution in [2.24, 2.45) is 5.92 Å². The Morgan fingerprint density at radius 1 is 0.944 bits per heavy atom. The number of hydrogen-bond donors (Lipinski definition) is 3. The minimum atomic E-state index is -4.34. The second kappa shape index (κ2) is 15.3. The van der Waals surface area contributed by atoms with Crippen LogP contribution in [0.3, 0.4) is 0 Å². The Morgan fingerprint density at radius 2 is 1.65 bits per heavy atom. The number of benzene rings is 2. The molecular formula is C38H44F3N7O5S. The predicted octanol–water partition coefficient (Wildman–Crippen LogP) is 5.14. The van der Waals surface area contributed by atoms with Gasteiger partial charge in [-0.2, -0.15) is 12.7 Å². The van der Waals surface area contributed by atoms with Crippen LogP contribution in [0.4, 0.5) is 24.5 Å². The molecule has 3 N–H and O–H groups in total. The van der Waals surface area contributed by atoms with Crippen molar-refractivity contribution in [2.75, 3.05) is 62.0 Å². The first-order chi connectivity index (χ1) is 25.8. The van der Waals surface area contributed by atoms with E-state index in [1.165, 1.54) is 6.20 Å². The number of piperazine rings is 1. The molecule has 0 bridgehead atoms.